The van der Waals surface area contributed by atoms with Crippen molar-refractivity contribution < 1.29 is 17.3 Å². The molecular weight excluding hydrogens is 195 g/mol. The standard InChI is InChI=1S/C9H8BF4/c1-7-8(3-2-4-9(7)11)5-6-10(12,13)14/h2-6H,1H3/q-1/b6-5+. The molecule has 0 aromatic heterocycles. The second-order valence-corrected chi connectivity index (χ2v) is 2.94. The fourth-order valence-electron chi connectivity index (χ4n) is 1.02. The Morgan fingerprint density at radius 3 is 2.43 bits per heavy atom. The van der Waals surface area contributed by atoms with Crippen molar-refractivity contribution in [3.8, 4) is 0 Å². The smallest absolute Gasteiger partial charge is 0.445 e. The van der Waals surface area contributed by atoms with Gasteiger partial charge in [-0.25, -0.2) is 4.39 Å². The monoisotopic (exact) mass is 203 g/mol. The van der Waals surface area contributed by atoms with Crippen LogP contribution in [-0.4, -0.2) is 6.98 Å². The molecule has 0 unspecified atom stereocenters. The topological polar surface area (TPSA) is 0 Å². The first kappa shape index (κ1) is 10.8. The third-order valence-corrected chi connectivity index (χ3v) is 1.80. The van der Waals surface area contributed by atoms with Crippen molar-refractivity contribution in [1.82, 2.24) is 0 Å². The van der Waals surface area contributed by atoms with Crippen molar-refractivity contribution in [1.29, 1.82) is 0 Å². The minimum atomic E-state index is -4.96. The maximum absolute atomic E-state index is 12.9. The molecule has 5 heteroatoms. The molecule has 0 aliphatic rings. The first-order valence-corrected chi connectivity index (χ1v) is 4.04. The number of rotatable bonds is 2. The molecule has 1 rings (SSSR count). The van der Waals surface area contributed by atoms with Crippen LogP contribution >= 0.6 is 0 Å². The molecule has 14 heavy (non-hydrogen) atoms. The van der Waals surface area contributed by atoms with Crippen molar-refractivity contribution >= 4 is 13.1 Å². The first-order chi connectivity index (χ1) is 6.40. The van der Waals surface area contributed by atoms with E-state index in [0.717, 1.165) is 6.08 Å². The Labute approximate surface area is 79.3 Å². The van der Waals surface area contributed by atoms with E-state index < -0.39 is 12.8 Å². The van der Waals surface area contributed by atoms with Gasteiger partial charge in [0, 0.05) is 0 Å². The highest BCUT2D eigenvalue weighted by Crippen LogP contribution is 2.17. The highest BCUT2D eigenvalue weighted by molar-refractivity contribution is 6.64. The number of benzene rings is 1. The van der Waals surface area contributed by atoms with Crippen molar-refractivity contribution in [3.05, 3.63) is 41.1 Å². The van der Waals surface area contributed by atoms with Crippen LogP contribution < -0.4 is 0 Å². The predicted octanol–water partition coefficient (Wildman–Crippen LogP) is 3.53. The van der Waals surface area contributed by atoms with Crippen LogP contribution in [0.2, 0.25) is 0 Å². The van der Waals surface area contributed by atoms with E-state index in [4.69, 9.17) is 0 Å². The average Bonchev–Trinajstić information content (AvgIpc) is 2.06. The summed E-state index contributed by atoms with van der Waals surface area (Å²) >= 11 is 0. The summed E-state index contributed by atoms with van der Waals surface area (Å²) in [6.45, 7) is -3.51. The third kappa shape index (κ3) is 2.90. The lowest BCUT2D eigenvalue weighted by Crippen LogP contribution is -2.09. The largest absolute Gasteiger partial charge is 0.502 e. The highest BCUT2D eigenvalue weighted by Gasteiger charge is 2.17. The van der Waals surface area contributed by atoms with Crippen LogP contribution in [-0.2, 0) is 0 Å². The molecule has 0 aliphatic carbocycles. The molecule has 0 spiro atoms. The van der Waals surface area contributed by atoms with E-state index in [1.54, 1.807) is 0 Å². The lowest BCUT2D eigenvalue weighted by atomic mass is 9.90. The van der Waals surface area contributed by atoms with Crippen LogP contribution in [0, 0.1) is 12.7 Å². The van der Waals surface area contributed by atoms with Gasteiger partial charge < -0.3 is 12.9 Å². The normalized spacial score (nSPS) is 12.4. The molecular formula is C9H8BF4-. The van der Waals surface area contributed by atoms with Crippen molar-refractivity contribution in [2.75, 3.05) is 0 Å². The Balaban J connectivity index is 2.98. The molecule has 0 saturated carbocycles. The Kier molecular flexibility index (Phi) is 2.98. The SMILES string of the molecule is Cc1c(F)cccc1/C=C/[B-](F)(F)F. The number of hydrogen-bond donors (Lipinski definition) is 0. The zero-order valence-electron chi connectivity index (χ0n) is 7.48. The second kappa shape index (κ2) is 3.86. The van der Waals surface area contributed by atoms with Crippen molar-refractivity contribution in [2.45, 2.75) is 6.92 Å². The molecule has 0 fully saturated rings. The van der Waals surface area contributed by atoms with Gasteiger partial charge in [0.05, 0.1) is 0 Å². The average molecular weight is 203 g/mol. The molecule has 1 aromatic carbocycles. The Morgan fingerprint density at radius 2 is 1.86 bits per heavy atom. The lowest BCUT2D eigenvalue weighted by molar-refractivity contribution is 0.499. The van der Waals surface area contributed by atoms with Crippen molar-refractivity contribution in [3.63, 3.8) is 0 Å². The van der Waals surface area contributed by atoms with Gasteiger partial charge in [-0.3, -0.25) is 0 Å². The summed E-state index contributed by atoms with van der Waals surface area (Å²) < 4.78 is 48.5. The number of halogens is 4. The summed E-state index contributed by atoms with van der Waals surface area (Å²) in [5, 5.41) is 0. The summed E-state index contributed by atoms with van der Waals surface area (Å²) in [5.41, 5.74) is 0.480. The molecule has 0 heterocycles. The lowest BCUT2D eigenvalue weighted by Gasteiger charge is -2.07. The molecule has 76 valence electrons. The van der Waals surface area contributed by atoms with E-state index >= 15 is 0 Å². The van der Waals surface area contributed by atoms with E-state index in [1.807, 2.05) is 0 Å². The number of hydrogen-bond acceptors (Lipinski definition) is 0. The van der Waals surface area contributed by atoms with Crippen LogP contribution in [0.5, 0.6) is 0 Å². The van der Waals surface area contributed by atoms with E-state index in [-0.39, 0.29) is 17.1 Å². The maximum atomic E-state index is 12.9. The fraction of sp³-hybridized carbons (Fsp3) is 0.111. The molecule has 0 N–H and O–H groups in total. The zero-order valence-corrected chi connectivity index (χ0v) is 7.48. The summed E-state index contributed by atoms with van der Waals surface area (Å²) in [5.74, 6) is -0.344. The third-order valence-electron chi connectivity index (χ3n) is 1.80. The van der Waals surface area contributed by atoms with Gasteiger partial charge in [0.25, 0.3) is 0 Å². The predicted molar refractivity (Wildman–Crippen MR) is 49.2 cm³/mol. The summed E-state index contributed by atoms with van der Waals surface area (Å²) in [7, 11) is 0. The summed E-state index contributed by atoms with van der Waals surface area (Å²) in [4.78, 5) is 0. The Morgan fingerprint density at radius 1 is 1.21 bits per heavy atom. The van der Waals surface area contributed by atoms with E-state index in [2.05, 4.69) is 0 Å². The second-order valence-electron chi connectivity index (χ2n) is 2.94. The summed E-state index contributed by atoms with van der Waals surface area (Å²) in [6, 6.07) is 4.04. The molecule has 0 radical (unpaired) electrons. The minimum Gasteiger partial charge on any atom is -0.445 e. The molecule has 0 aliphatic heterocycles. The van der Waals surface area contributed by atoms with Gasteiger partial charge in [0.15, 0.2) is 0 Å². The van der Waals surface area contributed by atoms with Crippen LogP contribution in [0.25, 0.3) is 6.08 Å². The van der Waals surface area contributed by atoms with Crippen LogP contribution in [0.1, 0.15) is 11.1 Å². The van der Waals surface area contributed by atoms with Crippen molar-refractivity contribution in [2.24, 2.45) is 0 Å². The molecule has 0 bridgehead atoms. The van der Waals surface area contributed by atoms with Crippen LogP contribution in [0.4, 0.5) is 17.3 Å². The van der Waals surface area contributed by atoms with E-state index in [1.165, 1.54) is 25.1 Å². The van der Waals surface area contributed by atoms with E-state index in [9.17, 15) is 17.3 Å². The summed E-state index contributed by atoms with van der Waals surface area (Å²) in [6.07, 6.45) is 0.887. The van der Waals surface area contributed by atoms with Crippen LogP contribution in [0.3, 0.4) is 0 Å². The zero-order chi connectivity index (χ0) is 10.8. The maximum Gasteiger partial charge on any atom is 0.502 e. The molecule has 0 atom stereocenters. The van der Waals surface area contributed by atoms with E-state index in [0.29, 0.717) is 0 Å². The quantitative estimate of drug-likeness (QED) is 0.509. The van der Waals surface area contributed by atoms with Gasteiger partial charge >= 0.3 is 6.98 Å². The van der Waals surface area contributed by atoms with Gasteiger partial charge in [-0.15, -0.1) is 5.98 Å². The highest BCUT2D eigenvalue weighted by atomic mass is 19.4. The van der Waals surface area contributed by atoms with Crippen LogP contribution in [0.15, 0.2) is 24.2 Å². The Hall–Kier alpha value is -1.26. The van der Waals surface area contributed by atoms with Gasteiger partial charge in [0.2, 0.25) is 0 Å². The van der Waals surface area contributed by atoms with Gasteiger partial charge in [0.1, 0.15) is 5.82 Å². The van der Waals surface area contributed by atoms with Gasteiger partial charge in [-0.2, -0.15) is 0 Å². The molecule has 0 amide bonds. The minimum absolute atomic E-state index is 0.155. The first-order valence-electron chi connectivity index (χ1n) is 4.04. The Bertz CT molecular complexity index is 354. The molecule has 0 nitrogen and oxygen atoms in total. The van der Waals surface area contributed by atoms with Gasteiger partial charge in [-0.05, 0) is 24.1 Å². The van der Waals surface area contributed by atoms with Gasteiger partial charge in [-0.1, -0.05) is 18.2 Å². The molecule has 0 saturated heterocycles. The molecule has 1 aromatic rings. The fourth-order valence-corrected chi connectivity index (χ4v) is 1.02.